The molecule has 0 saturated heterocycles. The highest BCUT2D eigenvalue weighted by atomic mass is 79.9. The molecular weight excluding hydrogens is 502 g/mol. The van der Waals surface area contributed by atoms with E-state index in [0.717, 1.165) is 22.2 Å². The number of amides is 1. The highest BCUT2D eigenvalue weighted by Gasteiger charge is 2.43. The van der Waals surface area contributed by atoms with E-state index in [4.69, 9.17) is 0 Å². The summed E-state index contributed by atoms with van der Waals surface area (Å²) in [4.78, 5) is 16.1. The normalized spacial score (nSPS) is 16.7. The first kappa shape index (κ1) is 28.1. The van der Waals surface area contributed by atoms with Gasteiger partial charge in [-0.3, -0.25) is 9.79 Å². The van der Waals surface area contributed by atoms with Crippen molar-refractivity contribution in [3.8, 4) is 5.75 Å². The molecule has 1 fully saturated rings. The number of nitrogens with one attached hydrogen (secondary N) is 2. The van der Waals surface area contributed by atoms with Gasteiger partial charge in [0.25, 0.3) is 0 Å². The van der Waals surface area contributed by atoms with Gasteiger partial charge in [0.15, 0.2) is 0 Å². The molecule has 6 heteroatoms. The molecule has 5 nitrogen and oxygen atoms in total. The Labute approximate surface area is 217 Å². The molecular formula is C29H36BrN3O2. The molecule has 1 saturated carbocycles. The molecule has 0 radical (unpaired) electrons. The minimum Gasteiger partial charge on any atom is -0.507 e. The Balaban J connectivity index is 0.000000466. The Kier molecular flexibility index (Phi) is 11.5. The minimum atomic E-state index is 0.102. The van der Waals surface area contributed by atoms with Crippen LogP contribution in [0.1, 0.15) is 44.2 Å². The van der Waals surface area contributed by atoms with Crippen molar-refractivity contribution in [1.29, 1.82) is 0 Å². The van der Waals surface area contributed by atoms with Gasteiger partial charge in [-0.15, -0.1) is 0 Å². The van der Waals surface area contributed by atoms with E-state index in [2.05, 4.69) is 50.3 Å². The molecule has 1 amide bonds. The number of phenols is 1. The number of phenolic OH excluding ortho intramolecular Hbond substituents is 1. The molecule has 3 rings (SSSR count). The van der Waals surface area contributed by atoms with Gasteiger partial charge >= 0.3 is 0 Å². The van der Waals surface area contributed by atoms with Gasteiger partial charge in [0, 0.05) is 48.0 Å². The van der Waals surface area contributed by atoms with E-state index in [1.54, 1.807) is 25.4 Å². The molecule has 2 aromatic rings. The van der Waals surface area contributed by atoms with Gasteiger partial charge in [-0.25, -0.2) is 0 Å². The molecule has 0 heterocycles. The number of rotatable bonds is 9. The van der Waals surface area contributed by atoms with Crippen LogP contribution in [0.2, 0.25) is 0 Å². The number of hydrogen-bond acceptors (Lipinski definition) is 4. The van der Waals surface area contributed by atoms with Crippen LogP contribution in [0.5, 0.6) is 5.75 Å². The molecule has 1 aliphatic rings. The largest absolute Gasteiger partial charge is 0.507 e. The van der Waals surface area contributed by atoms with Crippen LogP contribution < -0.4 is 10.6 Å². The second kappa shape index (κ2) is 14.3. The third-order valence-corrected chi connectivity index (χ3v) is 6.54. The van der Waals surface area contributed by atoms with Crippen LogP contribution in [0.3, 0.4) is 0 Å². The SMILES string of the molecule is C=C(/C=C(\C)NCCNC(=O)C1C[C@H]1c1ccccc1)c1ccccc1O.CN=CC(Br)=C(C)C. The Morgan fingerprint density at radius 2 is 1.71 bits per heavy atom. The van der Waals surface area contributed by atoms with Crippen LogP contribution in [-0.2, 0) is 4.79 Å². The maximum absolute atomic E-state index is 12.2. The zero-order valence-corrected chi connectivity index (χ0v) is 22.6. The van der Waals surface area contributed by atoms with E-state index in [1.807, 2.05) is 57.2 Å². The van der Waals surface area contributed by atoms with Gasteiger partial charge < -0.3 is 15.7 Å². The van der Waals surface area contributed by atoms with E-state index < -0.39 is 0 Å². The summed E-state index contributed by atoms with van der Waals surface area (Å²) in [6.07, 6.45) is 4.61. The molecule has 2 aromatic carbocycles. The lowest BCUT2D eigenvalue weighted by molar-refractivity contribution is -0.122. The standard InChI is InChI=1S/C23H26N2O2.C6H10BrN/c1-16(19-10-6-7-11-22(19)26)14-17(2)24-12-13-25-23(27)21-15-20(21)18-8-4-3-5-9-18;1-5(2)6(7)4-8-3/h3-11,14,20-21,24,26H,1,12-13,15H2,2H3,(H,25,27);4H,1-3H3/b17-14+;/t20-,21?;/m0./s1. The number of aliphatic imine (C=N–C) groups is 1. The fourth-order valence-electron chi connectivity index (χ4n) is 3.51. The number of hydrogen-bond donors (Lipinski definition) is 3. The summed E-state index contributed by atoms with van der Waals surface area (Å²) >= 11 is 3.33. The quantitative estimate of drug-likeness (QED) is 0.202. The van der Waals surface area contributed by atoms with Gasteiger partial charge in [0.1, 0.15) is 5.75 Å². The number of aromatic hydroxyl groups is 1. The average molecular weight is 539 g/mol. The van der Waals surface area contributed by atoms with Crippen LogP contribution in [0.15, 0.2) is 88.0 Å². The van der Waals surface area contributed by atoms with E-state index in [1.165, 1.54) is 11.1 Å². The number of para-hydroxylation sites is 1. The van der Waals surface area contributed by atoms with E-state index in [9.17, 15) is 9.90 Å². The van der Waals surface area contributed by atoms with Crippen molar-refractivity contribution in [2.45, 2.75) is 33.1 Å². The summed E-state index contributed by atoms with van der Waals surface area (Å²) in [5, 5.41) is 16.1. The fraction of sp³-hybridized carbons (Fsp3) is 0.310. The van der Waals surface area contributed by atoms with Crippen molar-refractivity contribution in [2.75, 3.05) is 20.1 Å². The van der Waals surface area contributed by atoms with Crippen molar-refractivity contribution >= 4 is 33.6 Å². The van der Waals surface area contributed by atoms with Gasteiger partial charge in [-0.2, -0.15) is 0 Å². The Hall–Kier alpha value is -3.12. The van der Waals surface area contributed by atoms with E-state index in [0.29, 0.717) is 24.6 Å². The van der Waals surface area contributed by atoms with Crippen LogP contribution in [0, 0.1) is 5.92 Å². The first-order chi connectivity index (χ1) is 16.7. The van der Waals surface area contributed by atoms with Crippen LogP contribution >= 0.6 is 15.9 Å². The van der Waals surface area contributed by atoms with Gasteiger partial charge in [-0.1, -0.05) is 60.7 Å². The summed E-state index contributed by atoms with van der Waals surface area (Å²) < 4.78 is 1.07. The Morgan fingerprint density at radius 3 is 2.31 bits per heavy atom. The molecule has 2 atom stereocenters. The number of allylic oxidation sites excluding steroid dienone is 5. The Bertz CT molecular complexity index is 1090. The average Bonchev–Trinajstić information content (AvgIpc) is 3.64. The van der Waals surface area contributed by atoms with Crippen molar-refractivity contribution in [2.24, 2.45) is 10.9 Å². The molecule has 0 bridgehead atoms. The topological polar surface area (TPSA) is 73.7 Å². The lowest BCUT2D eigenvalue weighted by Crippen LogP contribution is -2.32. The van der Waals surface area contributed by atoms with Crippen LogP contribution in [0.25, 0.3) is 5.57 Å². The predicted octanol–water partition coefficient (Wildman–Crippen LogP) is 6.19. The molecule has 0 aromatic heterocycles. The third kappa shape index (κ3) is 9.57. The molecule has 1 unspecified atom stereocenters. The van der Waals surface area contributed by atoms with Crippen molar-refractivity contribution in [3.05, 3.63) is 94.1 Å². The zero-order chi connectivity index (χ0) is 25.8. The van der Waals surface area contributed by atoms with E-state index in [-0.39, 0.29) is 17.6 Å². The first-order valence-electron chi connectivity index (χ1n) is 11.7. The third-order valence-electron chi connectivity index (χ3n) is 5.54. The van der Waals surface area contributed by atoms with Crippen LogP contribution in [-0.4, -0.2) is 37.4 Å². The van der Waals surface area contributed by atoms with Gasteiger partial charge in [0.2, 0.25) is 5.91 Å². The molecule has 35 heavy (non-hydrogen) atoms. The molecule has 1 aliphatic carbocycles. The predicted molar refractivity (Wildman–Crippen MR) is 151 cm³/mol. The maximum atomic E-state index is 12.2. The summed E-state index contributed by atoms with van der Waals surface area (Å²) in [5.41, 5.74) is 4.89. The molecule has 186 valence electrons. The molecule has 3 N–H and O–H groups in total. The summed E-state index contributed by atoms with van der Waals surface area (Å²) in [5.74, 6) is 0.814. The summed E-state index contributed by atoms with van der Waals surface area (Å²) in [7, 11) is 1.75. The van der Waals surface area contributed by atoms with Crippen LogP contribution in [0.4, 0.5) is 0 Å². The van der Waals surface area contributed by atoms with Gasteiger partial charge in [0.05, 0.1) is 0 Å². The first-order valence-corrected chi connectivity index (χ1v) is 12.5. The lowest BCUT2D eigenvalue weighted by Gasteiger charge is -2.10. The zero-order valence-electron chi connectivity index (χ0n) is 21.0. The second-order valence-corrected chi connectivity index (χ2v) is 9.54. The number of nitrogens with zero attached hydrogens (tertiary/aromatic N) is 1. The lowest BCUT2D eigenvalue weighted by atomic mass is 10.1. The number of carbonyl (C=O) groups excluding carboxylic acids is 1. The molecule has 0 spiro atoms. The highest BCUT2D eigenvalue weighted by Crippen LogP contribution is 2.47. The van der Waals surface area contributed by atoms with Gasteiger partial charge in [-0.05, 0) is 72.3 Å². The number of carbonyl (C=O) groups is 1. The highest BCUT2D eigenvalue weighted by molar-refractivity contribution is 9.12. The van der Waals surface area contributed by atoms with Crippen molar-refractivity contribution in [3.63, 3.8) is 0 Å². The number of benzene rings is 2. The van der Waals surface area contributed by atoms with Crippen molar-refractivity contribution in [1.82, 2.24) is 10.6 Å². The monoisotopic (exact) mass is 537 g/mol. The number of halogens is 1. The fourth-order valence-corrected chi connectivity index (χ4v) is 3.71. The second-order valence-electron chi connectivity index (χ2n) is 8.68. The van der Waals surface area contributed by atoms with E-state index >= 15 is 0 Å². The molecule has 0 aliphatic heterocycles. The van der Waals surface area contributed by atoms with Crippen molar-refractivity contribution < 1.29 is 9.90 Å². The Morgan fingerprint density at radius 1 is 1.09 bits per heavy atom. The minimum absolute atomic E-state index is 0.102. The maximum Gasteiger partial charge on any atom is 0.223 e. The summed E-state index contributed by atoms with van der Waals surface area (Å²) in [6, 6.07) is 17.3. The smallest absolute Gasteiger partial charge is 0.223 e. The summed E-state index contributed by atoms with van der Waals surface area (Å²) in [6.45, 7) is 11.2.